The lowest BCUT2D eigenvalue weighted by Crippen LogP contribution is -2.49. The Hall–Kier alpha value is -3.07. The normalized spacial score (nSPS) is 19.6. The van der Waals surface area contributed by atoms with Gasteiger partial charge in [-0.1, -0.05) is 0 Å². The lowest BCUT2D eigenvalue weighted by atomic mass is 10.1. The van der Waals surface area contributed by atoms with Crippen molar-refractivity contribution in [3.05, 3.63) is 38.5 Å². The van der Waals surface area contributed by atoms with E-state index in [1.54, 1.807) is 0 Å². The average Bonchev–Trinajstić information content (AvgIpc) is 3.52. The number of aromatic nitrogens is 2. The molecule has 30 heavy (non-hydrogen) atoms. The number of pyridine rings is 2. The van der Waals surface area contributed by atoms with Gasteiger partial charge in [0, 0.05) is 37.8 Å². The van der Waals surface area contributed by atoms with E-state index >= 15 is 4.39 Å². The Bertz CT molecular complexity index is 1290. The molecule has 1 saturated carbocycles. The van der Waals surface area contributed by atoms with Crippen LogP contribution in [-0.4, -0.2) is 47.4 Å². The molecule has 0 bridgehead atoms. The highest BCUT2D eigenvalue weighted by Crippen LogP contribution is 2.45. The number of ether oxygens (including phenoxy) is 1. The highest BCUT2D eigenvalue weighted by Gasteiger charge is 2.32. The molecule has 0 radical (unpaired) electrons. The van der Waals surface area contributed by atoms with Gasteiger partial charge in [0.1, 0.15) is 11.1 Å². The summed E-state index contributed by atoms with van der Waals surface area (Å²) in [5.41, 5.74) is 0.0693. The number of piperazine rings is 1. The van der Waals surface area contributed by atoms with Gasteiger partial charge < -0.3 is 24.6 Å². The molecule has 0 amide bonds. The van der Waals surface area contributed by atoms with Crippen LogP contribution in [0.1, 0.15) is 25.8 Å². The molecule has 158 valence electrons. The highest BCUT2D eigenvalue weighted by atomic mass is 19.1. The molecule has 1 aliphatic heterocycles. The van der Waals surface area contributed by atoms with E-state index in [1.807, 2.05) is 16.4 Å². The first-order valence-electron chi connectivity index (χ1n) is 10.1. The number of anilines is 1. The van der Waals surface area contributed by atoms with Gasteiger partial charge in [0.2, 0.25) is 11.3 Å². The van der Waals surface area contributed by atoms with Crippen molar-refractivity contribution in [2.45, 2.75) is 31.8 Å². The number of halogens is 1. The summed E-state index contributed by atoms with van der Waals surface area (Å²) in [6, 6.07) is 2.76. The quantitative estimate of drug-likeness (QED) is 0.566. The minimum absolute atomic E-state index is 0.0148. The number of H-pyrrole nitrogens is 1. The molecular formula is C21H23FN4O4. The third-order valence-electron chi connectivity index (χ3n) is 5.96. The first kappa shape index (κ1) is 18.9. The molecular weight excluding hydrogens is 391 g/mol. The summed E-state index contributed by atoms with van der Waals surface area (Å²) in [5, 5.41) is 13.7. The number of aromatic hydroxyl groups is 1. The number of benzene rings is 1. The average molecular weight is 414 g/mol. The monoisotopic (exact) mass is 414 g/mol. The Labute approximate surface area is 170 Å². The van der Waals surface area contributed by atoms with Crippen molar-refractivity contribution in [2.24, 2.45) is 0 Å². The number of hydrogen-bond acceptors (Lipinski definition) is 6. The maximum absolute atomic E-state index is 15.4. The first-order valence-corrected chi connectivity index (χ1v) is 10.1. The van der Waals surface area contributed by atoms with E-state index < -0.39 is 22.7 Å². The molecule has 3 heterocycles. The van der Waals surface area contributed by atoms with E-state index in [9.17, 15) is 14.7 Å². The molecule has 8 nitrogen and oxygen atoms in total. The second-order valence-electron chi connectivity index (χ2n) is 8.11. The zero-order valence-electron chi connectivity index (χ0n) is 16.8. The van der Waals surface area contributed by atoms with E-state index in [4.69, 9.17) is 4.74 Å². The summed E-state index contributed by atoms with van der Waals surface area (Å²) in [6.07, 6.45) is 1.72. The van der Waals surface area contributed by atoms with Crippen LogP contribution < -0.4 is 25.9 Å². The van der Waals surface area contributed by atoms with Crippen LogP contribution in [0, 0.1) is 5.82 Å². The molecule has 2 aliphatic rings. The Morgan fingerprint density at radius 3 is 2.70 bits per heavy atom. The summed E-state index contributed by atoms with van der Waals surface area (Å²) in [7, 11) is 1.46. The Morgan fingerprint density at radius 2 is 2.03 bits per heavy atom. The molecule has 1 aliphatic carbocycles. The van der Waals surface area contributed by atoms with Crippen molar-refractivity contribution < 1.29 is 14.2 Å². The van der Waals surface area contributed by atoms with Crippen molar-refractivity contribution in [3.63, 3.8) is 0 Å². The fourth-order valence-corrected chi connectivity index (χ4v) is 4.56. The van der Waals surface area contributed by atoms with Crippen LogP contribution in [0.25, 0.3) is 21.8 Å². The Morgan fingerprint density at radius 1 is 1.27 bits per heavy atom. The molecule has 2 fully saturated rings. The third kappa shape index (κ3) is 2.76. The number of fused-ring (bicyclic) bond motifs is 2. The highest BCUT2D eigenvalue weighted by molar-refractivity contribution is 6.00. The third-order valence-corrected chi connectivity index (χ3v) is 5.96. The molecule has 1 aromatic carbocycles. The SMILES string of the molecule is COc1c(N2CCNC(C)C2)c(F)cc2c(=O)c3c(O)[nH]c(=O)cc3n(C3CC3)c12. The van der Waals surface area contributed by atoms with Crippen molar-refractivity contribution in [3.8, 4) is 11.6 Å². The lowest BCUT2D eigenvalue weighted by molar-refractivity contribution is 0.407. The van der Waals surface area contributed by atoms with Gasteiger partial charge in [0.15, 0.2) is 11.6 Å². The van der Waals surface area contributed by atoms with Gasteiger partial charge in [-0.25, -0.2) is 4.39 Å². The van der Waals surface area contributed by atoms with E-state index in [2.05, 4.69) is 10.3 Å². The summed E-state index contributed by atoms with van der Waals surface area (Å²) < 4.78 is 22.9. The molecule has 1 atom stereocenters. The number of rotatable bonds is 3. The van der Waals surface area contributed by atoms with Gasteiger partial charge in [-0.05, 0) is 25.8 Å². The zero-order chi connectivity index (χ0) is 21.2. The van der Waals surface area contributed by atoms with Crippen LogP contribution in [-0.2, 0) is 0 Å². The summed E-state index contributed by atoms with van der Waals surface area (Å²) in [4.78, 5) is 29.5. The summed E-state index contributed by atoms with van der Waals surface area (Å²) >= 11 is 0. The number of aromatic amines is 1. The maximum atomic E-state index is 15.4. The number of hydrogen-bond donors (Lipinski definition) is 3. The van der Waals surface area contributed by atoms with Crippen molar-refractivity contribution in [1.29, 1.82) is 0 Å². The molecule has 0 spiro atoms. The number of nitrogens with one attached hydrogen (secondary N) is 2. The maximum Gasteiger partial charge on any atom is 0.252 e. The lowest BCUT2D eigenvalue weighted by Gasteiger charge is -2.35. The molecule has 3 N–H and O–H groups in total. The fraction of sp³-hybridized carbons (Fsp3) is 0.429. The smallest absolute Gasteiger partial charge is 0.252 e. The molecule has 2 aromatic heterocycles. The van der Waals surface area contributed by atoms with Gasteiger partial charge in [-0.2, -0.15) is 0 Å². The van der Waals surface area contributed by atoms with Crippen molar-refractivity contribution >= 4 is 27.5 Å². The Kier molecular flexibility index (Phi) is 4.25. The van der Waals surface area contributed by atoms with Crippen LogP contribution in [0.15, 0.2) is 21.7 Å². The minimum atomic E-state index is -0.545. The first-order chi connectivity index (χ1) is 14.4. The zero-order valence-corrected chi connectivity index (χ0v) is 16.8. The number of nitrogens with zero attached hydrogens (tertiary/aromatic N) is 2. The fourth-order valence-electron chi connectivity index (χ4n) is 4.56. The molecule has 1 saturated heterocycles. The van der Waals surface area contributed by atoms with E-state index in [0.717, 1.165) is 12.8 Å². The second kappa shape index (κ2) is 6.73. The van der Waals surface area contributed by atoms with E-state index in [0.29, 0.717) is 36.4 Å². The van der Waals surface area contributed by atoms with Gasteiger partial charge in [-0.15, -0.1) is 0 Å². The predicted molar refractivity (Wildman–Crippen MR) is 112 cm³/mol. The van der Waals surface area contributed by atoms with Gasteiger partial charge in [0.25, 0.3) is 5.56 Å². The van der Waals surface area contributed by atoms with Gasteiger partial charge in [-0.3, -0.25) is 14.6 Å². The van der Waals surface area contributed by atoms with Crippen LogP contribution in [0.4, 0.5) is 10.1 Å². The van der Waals surface area contributed by atoms with Gasteiger partial charge >= 0.3 is 0 Å². The van der Waals surface area contributed by atoms with Crippen LogP contribution in [0.2, 0.25) is 0 Å². The number of methoxy groups -OCH3 is 1. The summed E-state index contributed by atoms with van der Waals surface area (Å²) in [6.45, 7) is 3.93. The van der Waals surface area contributed by atoms with Gasteiger partial charge in [0.05, 0.1) is 23.5 Å². The second-order valence-corrected chi connectivity index (χ2v) is 8.11. The van der Waals surface area contributed by atoms with Crippen molar-refractivity contribution in [1.82, 2.24) is 14.9 Å². The van der Waals surface area contributed by atoms with Crippen LogP contribution >= 0.6 is 0 Å². The molecule has 5 rings (SSSR count). The van der Waals surface area contributed by atoms with E-state index in [-0.39, 0.29) is 28.6 Å². The standard InChI is InChI=1S/C21H23FN4O4/c1-10-9-25(6-5-23-10)18-13(22)7-12-17(20(18)30-2)26(11-3-4-11)14-8-15(27)24-21(29)16(14)19(12)28/h7-8,10-11,23H,3-6,9H2,1-2H3,(H2,24,27,29). The van der Waals surface area contributed by atoms with Crippen molar-refractivity contribution in [2.75, 3.05) is 31.6 Å². The predicted octanol–water partition coefficient (Wildman–Crippen LogP) is 1.83. The summed E-state index contributed by atoms with van der Waals surface area (Å²) in [5.74, 6) is -0.765. The minimum Gasteiger partial charge on any atom is -0.494 e. The molecule has 9 heteroatoms. The molecule has 1 unspecified atom stereocenters. The van der Waals surface area contributed by atoms with Crippen LogP contribution in [0.3, 0.4) is 0 Å². The largest absolute Gasteiger partial charge is 0.494 e. The Balaban J connectivity index is 1.94. The van der Waals surface area contributed by atoms with E-state index in [1.165, 1.54) is 19.2 Å². The topological polar surface area (TPSA) is 99.6 Å². The molecule has 3 aromatic rings. The van der Waals surface area contributed by atoms with Crippen LogP contribution in [0.5, 0.6) is 11.6 Å².